The Balaban J connectivity index is 0.000000172. The number of carbonyl (C=O) groups is 2. The van der Waals surface area contributed by atoms with Gasteiger partial charge in [0.05, 0.1) is 7.11 Å². The Morgan fingerprint density at radius 1 is 0.661 bits per heavy atom. The lowest BCUT2D eigenvalue weighted by Crippen LogP contribution is -2.33. The van der Waals surface area contributed by atoms with Crippen molar-refractivity contribution in [2.24, 2.45) is 11.8 Å². The van der Waals surface area contributed by atoms with Crippen LogP contribution >= 0.6 is 0 Å². The molecule has 11 nitrogen and oxygen atoms in total. The zero-order valence-electron chi connectivity index (χ0n) is 31.0. The van der Waals surface area contributed by atoms with E-state index in [0.29, 0.717) is 47.5 Å². The van der Waals surface area contributed by atoms with Crippen LogP contribution < -0.4 is 5.48 Å². The van der Waals surface area contributed by atoms with Gasteiger partial charge in [0.1, 0.15) is 28.8 Å². The van der Waals surface area contributed by atoms with Crippen molar-refractivity contribution in [2.45, 2.75) is 50.6 Å². The molecule has 2 N–H and O–H groups in total. The van der Waals surface area contributed by atoms with Crippen LogP contribution in [0.25, 0.3) is 22.5 Å². The third-order valence-electron chi connectivity index (χ3n) is 9.45. The first kappa shape index (κ1) is 37.5. The predicted molar refractivity (Wildman–Crippen MR) is 210 cm³/mol. The summed E-state index contributed by atoms with van der Waals surface area (Å²) in [6.45, 7) is 0. The molecule has 2 aliphatic rings. The average Bonchev–Trinajstić information content (AvgIpc) is 4.19. The van der Waals surface area contributed by atoms with Crippen LogP contribution in [0, 0.1) is 35.5 Å². The molecule has 4 aromatic carbocycles. The van der Waals surface area contributed by atoms with Crippen molar-refractivity contribution >= 4 is 11.9 Å². The molecule has 0 spiro atoms. The number of rotatable bonds is 10. The molecule has 0 unspecified atom stereocenters. The lowest BCUT2D eigenvalue weighted by atomic mass is 10.0. The van der Waals surface area contributed by atoms with E-state index in [-0.39, 0.29) is 5.97 Å². The van der Waals surface area contributed by atoms with Crippen molar-refractivity contribution in [3.05, 3.63) is 144 Å². The number of benzene rings is 4. The van der Waals surface area contributed by atoms with Gasteiger partial charge in [0.2, 0.25) is 0 Å². The van der Waals surface area contributed by atoms with Crippen LogP contribution in [-0.4, -0.2) is 54.2 Å². The number of ether oxygens (including phenoxy) is 1. The Morgan fingerprint density at radius 2 is 1.05 bits per heavy atom. The molecule has 280 valence electrons. The van der Waals surface area contributed by atoms with Crippen LogP contribution in [0.15, 0.2) is 121 Å². The van der Waals surface area contributed by atoms with Gasteiger partial charge < -0.3 is 4.74 Å². The minimum absolute atomic E-state index is 0.358. The van der Waals surface area contributed by atoms with Crippen molar-refractivity contribution in [3.8, 4) is 46.2 Å². The van der Waals surface area contributed by atoms with E-state index in [9.17, 15) is 14.8 Å². The third-order valence-corrected chi connectivity index (χ3v) is 9.45. The first-order chi connectivity index (χ1) is 27.5. The van der Waals surface area contributed by atoms with Crippen molar-refractivity contribution < 1.29 is 19.5 Å². The molecule has 6 aromatic rings. The minimum Gasteiger partial charge on any atom is -0.467 e. The molecule has 2 aromatic heterocycles. The van der Waals surface area contributed by atoms with E-state index in [1.54, 1.807) is 10.2 Å². The fraction of sp³-hybridized carbons (Fsp3) is 0.244. The van der Waals surface area contributed by atoms with Crippen LogP contribution in [0.4, 0.5) is 0 Å². The van der Waals surface area contributed by atoms with Crippen molar-refractivity contribution in [1.29, 1.82) is 0 Å². The number of nitrogens with zero attached hydrogens (tertiary/aromatic N) is 6. The summed E-state index contributed by atoms with van der Waals surface area (Å²) in [5.41, 5.74) is 8.12. The topological polar surface area (TPSA) is 137 Å². The molecule has 1 amide bonds. The van der Waals surface area contributed by atoms with E-state index < -0.39 is 18.0 Å². The molecule has 11 heteroatoms. The fourth-order valence-corrected chi connectivity index (χ4v) is 6.08. The molecule has 2 saturated carbocycles. The van der Waals surface area contributed by atoms with Gasteiger partial charge in [0.25, 0.3) is 5.91 Å². The van der Waals surface area contributed by atoms with E-state index in [2.05, 4.69) is 44.3 Å². The molecule has 2 atom stereocenters. The maximum absolute atomic E-state index is 12.6. The molecule has 0 bridgehead atoms. The Kier molecular flexibility index (Phi) is 12.1. The van der Waals surface area contributed by atoms with Crippen LogP contribution in [0.1, 0.15) is 60.3 Å². The van der Waals surface area contributed by atoms with Gasteiger partial charge in [-0.2, -0.15) is 0 Å². The summed E-state index contributed by atoms with van der Waals surface area (Å²) in [5, 5.41) is 26.5. The lowest BCUT2D eigenvalue weighted by molar-refractivity contribution is -0.145. The number of hydrogen-bond acceptors (Lipinski definition) is 8. The zero-order chi connectivity index (χ0) is 38.7. The minimum atomic E-state index is -0.763. The summed E-state index contributed by atoms with van der Waals surface area (Å²) >= 11 is 0. The van der Waals surface area contributed by atoms with E-state index in [1.807, 2.05) is 121 Å². The van der Waals surface area contributed by atoms with Gasteiger partial charge in [-0.25, -0.2) is 19.6 Å². The number of amides is 1. The summed E-state index contributed by atoms with van der Waals surface area (Å²) in [6, 6.07) is 37.5. The highest BCUT2D eigenvalue weighted by Crippen LogP contribution is 2.31. The standard InChI is InChI=1S/C23H21N3O2.C22H20N4O2/c1-28-23(27)21(16-18-8-4-2-5-9-18)26-20(15-14-17-12-13-17)22(24-25-26)19-10-6-3-7-11-19;27-22(24-28)20(15-17-7-3-1-4-8-17)26-19(14-13-16-11-12-16)21(23-25-26)18-9-5-2-6-10-18/h2-11,17,21H,12-13,16H2,1H3;1-10,16,20,28H,11-12,15H2,(H,24,27)/t21-;20-/m00/s1. The van der Waals surface area contributed by atoms with Gasteiger partial charge in [-0.3, -0.25) is 10.0 Å². The molecular formula is C45H41N7O4. The zero-order valence-corrected chi connectivity index (χ0v) is 31.0. The van der Waals surface area contributed by atoms with Crippen LogP contribution in [0.5, 0.6) is 0 Å². The maximum atomic E-state index is 12.6. The second-order valence-corrected chi connectivity index (χ2v) is 13.7. The van der Waals surface area contributed by atoms with Gasteiger partial charge in [-0.1, -0.05) is 144 Å². The van der Waals surface area contributed by atoms with Crippen molar-refractivity contribution in [1.82, 2.24) is 35.5 Å². The highest BCUT2D eigenvalue weighted by atomic mass is 16.5. The highest BCUT2D eigenvalue weighted by molar-refractivity contribution is 5.80. The molecule has 2 fully saturated rings. The van der Waals surface area contributed by atoms with Gasteiger partial charge in [-0.15, -0.1) is 10.2 Å². The molecule has 56 heavy (non-hydrogen) atoms. The average molecular weight is 744 g/mol. The van der Waals surface area contributed by atoms with Gasteiger partial charge in [0.15, 0.2) is 6.04 Å². The van der Waals surface area contributed by atoms with Crippen LogP contribution in [0.3, 0.4) is 0 Å². The normalized spacial score (nSPS) is 14.0. The molecule has 0 aliphatic heterocycles. The SMILES string of the molecule is COC(=O)[C@H](Cc1ccccc1)n1nnc(-c2ccccc2)c1C#CC1CC1.O=C(NO)[C@H](Cc1ccccc1)n1nnc(-c2ccccc2)c1C#CC1CC1. The van der Waals surface area contributed by atoms with Gasteiger partial charge in [-0.05, 0) is 48.7 Å². The molecule has 2 aliphatic carbocycles. The first-order valence-corrected chi connectivity index (χ1v) is 18.7. The summed E-state index contributed by atoms with van der Waals surface area (Å²) in [6.07, 6.45) is 5.27. The Morgan fingerprint density at radius 3 is 1.45 bits per heavy atom. The number of methoxy groups -OCH3 is 1. The number of aromatic nitrogens is 6. The number of esters is 1. The van der Waals surface area contributed by atoms with Gasteiger partial charge >= 0.3 is 5.97 Å². The summed E-state index contributed by atoms with van der Waals surface area (Å²) < 4.78 is 8.22. The van der Waals surface area contributed by atoms with Crippen LogP contribution in [0.2, 0.25) is 0 Å². The largest absolute Gasteiger partial charge is 0.467 e. The van der Waals surface area contributed by atoms with Gasteiger partial charge in [0, 0.05) is 35.8 Å². The quantitative estimate of drug-likeness (QED) is 0.0689. The van der Waals surface area contributed by atoms with Crippen LogP contribution in [-0.2, 0) is 27.2 Å². The summed E-state index contributed by atoms with van der Waals surface area (Å²) in [7, 11) is 1.39. The number of carbonyl (C=O) groups excluding carboxylic acids is 2. The lowest BCUT2D eigenvalue weighted by Gasteiger charge is -2.16. The van der Waals surface area contributed by atoms with E-state index in [1.165, 1.54) is 11.8 Å². The molecular weight excluding hydrogens is 703 g/mol. The van der Waals surface area contributed by atoms with Crippen molar-refractivity contribution in [2.75, 3.05) is 7.11 Å². The number of nitrogens with one attached hydrogen (secondary N) is 1. The molecule has 2 heterocycles. The highest BCUT2D eigenvalue weighted by Gasteiger charge is 2.29. The Labute approximate surface area is 325 Å². The third kappa shape index (κ3) is 9.45. The summed E-state index contributed by atoms with van der Waals surface area (Å²) in [5.74, 6) is 12.9. The number of hydrogen-bond donors (Lipinski definition) is 2. The van der Waals surface area contributed by atoms with E-state index >= 15 is 0 Å². The Bertz CT molecular complexity index is 2200. The van der Waals surface area contributed by atoms with E-state index in [4.69, 9.17) is 4.74 Å². The second kappa shape index (κ2) is 18.0. The molecule has 0 radical (unpaired) electrons. The van der Waals surface area contributed by atoms with Crippen molar-refractivity contribution in [3.63, 3.8) is 0 Å². The molecule has 0 saturated heterocycles. The predicted octanol–water partition coefficient (Wildman–Crippen LogP) is 6.66. The fourth-order valence-electron chi connectivity index (χ4n) is 6.08. The second-order valence-electron chi connectivity index (χ2n) is 13.7. The first-order valence-electron chi connectivity index (χ1n) is 18.7. The maximum Gasteiger partial charge on any atom is 0.331 e. The number of hydroxylamine groups is 1. The van der Waals surface area contributed by atoms with E-state index in [0.717, 1.165) is 47.9 Å². The molecule has 8 rings (SSSR count). The summed E-state index contributed by atoms with van der Waals surface area (Å²) in [4.78, 5) is 25.1. The smallest absolute Gasteiger partial charge is 0.331 e. The Hall–Kier alpha value is -6.82. The monoisotopic (exact) mass is 743 g/mol.